The number of nitrogens with zero attached hydrogens (tertiary/aromatic N) is 3. The SMILES string of the molecule is CCOC(C)(C)CNC(=O)N1CCC(CN2CCN(C)CC2)CC1. The Morgan fingerprint density at radius 1 is 1.12 bits per heavy atom. The van der Waals surface area contributed by atoms with E-state index in [-0.39, 0.29) is 11.6 Å². The minimum absolute atomic E-state index is 0.0563. The van der Waals surface area contributed by atoms with E-state index in [0.717, 1.165) is 31.8 Å². The Bertz CT molecular complexity index is 386. The fourth-order valence-corrected chi connectivity index (χ4v) is 3.56. The molecule has 0 bridgehead atoms. The number of carbonyl (C=O) groups excluding carboxylic acids is 1. The van der Waals surface area contributed by atoms with E-state index >= 15 is 0 Å². The number of rotatable bonds is 6. The van der Waals surface area contributed by atoms with Crippen LogP contribution in [0.3, 0.4) is 0 Å². The van der Waals surface area contributed by atoms with Gasteiger partial charge in [0.1, 0.15) is 0 Å². The Morgan fingerprint density at radius 3 is 2.33 bits per heavy atom. The van der Waals surface area contributed by atoms with E-state index in [9.17, 15) is 4.79 Å². The quantitative estimate of drug-likeness (QED) is 0.795. The van der Waals surface area contributed by atoms with Gasteiger partial charge >= 0.3 is 6.03 Å². The van der Waals surface area contributed by atoms with Crippen LogP contribution in [0.5, 0.6) is 0 Å². The van der Waals surface area contributed by atoms with E-state index in [4.69, 9.17) is 4.74 Å². The number of piperazine rings is 1. The fourth-order valence-electron chi connectivity index (χ4n) is 3.56. The maximum absolute atomic E-state index is 12.3. The summed E-state index contributed by atoms with van der Waals surface area (Å²) in [6.07, 6.45) is 2.24. The highest BCUT2D eigenvalue weighted by molar-refractivity contribution is 5.74. The van der Waals surface area contributed by atoms with Gasteiger partial charge in [-0.15, -0.1) is 0 Å². The zero-order valence-corrected chi connectivity index (χ0v) is 16.0. The second kappa shape index (κ2) is 9.02. The third-order valence-electron chi connectivity index (χ3n) is 5.21. The number of hydrogen-bond donors (Lipinski definition) is 1. The Morgan fingerprint density at radius 2 is 1.75 bits per heavy atom. The molecule has 6 nitrogen and oxygen atoms in total. The van der Waals surface area contributed by atoms with Gasteiger partial charge in [-0.1, -0.05) is 0 Å². The normalized spacial score (nSPS) is 21.9. The van der Waals surface area contributed by atoms with Gasteiger partial charge in [-0.25, -0.2) is 4.79 Å². The molecule has 2 fully saturated rings. The first-order chi connectivity index (χ1) is 11.4. The summed E-state index contributed by atoms with van der Waals surface area (Å²) in [5, 5.41) is 3.02. The van der Waals surface area contributed by atoms with Gasteiger partial charge in [-0.05, 0) is 46.6 Å². The standard InChI is InChI=1S/C18H36N4O2/c1-5-24-18(2,3)15-19-17(23)22-8-6-16(7-9-22)14-21-12-10-20(4)11-13-21/h16H,5-15H2,1-4H3,(H,19,23). The minimum Gasteiger partial charge on any atom is -0.374 e. The number of hydrogen-bond acceptors (Lipinski definition) is 4. The maximum Gasteiger partial charge on any atom is 0.317 e. The summed E-state index contributed by atoms with van der Waals surface area (Å²) < 4.78 is 5.63. The van der Waals surface area contributed by atoms with Crippen LogP contribution in [0.2, 0.25) is 0 Å². The van der Waals surface area contributed by atoms with Gasteiger partial charge in [0.05, 0.1) is 5.60 Å². The Labute approximate surface area is 147 Å². The molecule has 0 aromatic carbocycles. The Hall–Kier alpha value is -0.850. The molecule has 0 aromatic heterocycles. The maximum atomic E-state index is 12.3. The van der Waals surface area contributed by atoms with Crippen LogP contribution in [0.15, 0.2) is 0 Å². The number of urea groups is 1. The summed E-state index contributed by atoms with van der Waals surface area (Å²) in [6.45, 7) is 14.9. The van der Waals surface area contributed by atoms with Crippen LogP contribution in [0.25, 0.3) is 0 Å². The molecule has 0 atom stereocenters. The average molecular weight is 341 g/mol. The highest BCUT2D eigenvalue weighted by atomic mass is 16.5. The van der Waals surface area contributed by atoms with Crippen LogP contribution in [0.4, 0.5) is 4.79 Å². The highest BCUT2D eigenvalue weighted by Crippen LogP contribution is 2.19. The van der Waals surface area contributed by atoms with Crippen molar-refractivity contribution >= 4 is 6.03 Å². The van der Waals surface area contributed by atoms with Crippen molar-refractivity contribution in [2.24, 2.45) is 5.92 Å². The van der Waals surface area contributed by atoms with Crippen LogP contribution < -0.4 is 5.32 Å². The van der Waals surface area contributed by atoms with Gasteiger partial charge < -0.3 is 24.8 Å². The summed E-state index contributed by atoms with van der Waals surface area (Å²) in [5.74, 6) is 0.734. The second-order valence-electron chi connectivity index (χ2n) is 7.89. The molecule has 24 heavy (non-hydrogen) atoms. The third kappa shape index (κ3) is 6.22. The monoisotopic (exact) mass is 340 g/mol. The van der Waals surface area contributed by atoms with Crippen molar-refractivity contribution in [3.05, 3.63) is 0 Å². The molecule has 0 unspecified atom stereocenters. The molecule has 6 heteroatoms. The van der Waals surface area contributed by atoms with Gasteiger partial charge in [0.2, 0.25) is 0 Å². The first-order valence-corrected chi connectivity index (χ1v) is 9.47. The molecule has 2 aliphatic rings. The van der Waals surface area contributed by atoms with E-state index in [1.165, 1.54) is 32.7 Å². The summed E-state index contributed by atoms with van der Waals surface area (Å²) in [5.41, 5.74) is -0.301. The van der Waals surface area contributed by atoms with Gasteiger partial charge in [0, 0.05) is 59.0 Å². The lowest BCUT2D eigenvalue weighted by atomic mass is 9.96. The van der Waals surface area contributed by atoms with Crippen LogP contribution in [0.1, 0.15) is 33.6 Å². The molecular formula is C18H36N4O2. The zero-order chi connectivity index (χ0) is 17.6. The van der Waals surface area contributed by atoms with Crippen LogP contribution in [-0.2, 0) is 4.74 Å². The molecule has 2 amide bonds. The predicted octanol–water partition coefficient (Wildman–Crippen LogP) is 1.47. The van der Waals surface area contributed by atoms with Crippen LogP contribution in [-0.4, -0.2) is 92.3 Å². The summed E-state index contributed by atoms with van der Waals surface area (Å²) in [4.78, 5) is 19.3. The van der Waals surface area contributed by atoms with Gasteiger partial charge in [0.15, 0.2) is 0 Å². The summed E-state index contributed by atoms with van der Waals surface area (Å²) in [6, 6.07) is 0.0563. The van der Waals surface area contributed by atoms with Crippen LogP contribution in [0, 0.1) is 5.92 Å². The fraction of sp³-hybridized carbons (Fsp3) is 0.944. The smallest absolute Gasteiger partial charge is 0.317 e. The minimum atomic E-state index is -0.301. The topological polar surface area (TPSA) is 48.1 Å². The van der Waals surface area contributed by atoms with Gasteiger partial charge in [0.25, 0.3) is 0 Å². The molecule has 2 aliphatic heterocycles. The largest absolute Gasteiger partial charge is 0.374 e. The molecule has 1 N–H and O–H groups in total. The first-order valence-electron chi connectivity index (χ1n) is 9.47. The van der Waals surface area contributed by atoms with Gasteiger partial charge in [-0.2, -0.15) is 0 Å². The average Bonchev–Trinajstić information content (AvgIpc) is 2.55. The molecule has 0 aromatic rings. The second-order valence-corrected chi connectivity index (χ2v) is 7.89. The van der Waals surface area contributed by atoms with E-state index in [1.54, 1.807) is 0 Å². The number of likely N-dealkylation sites (N-methyl/N-ethyl adjacent to an activating group) is 1. The number of amides is 2. The molecule has 2 rings (SSSR count). The van der Waals surface area contributed by atoms with E-state index in [0.29, 0.717) is 13.2 Å². The number of carbonyl (C=O) groups is 1. The predicted molar refractivity (Wildman–Crippen MR) is 97.3 cm³/mol. The van der Waals surface area contributed by atoms with Crippen molar-refractivity contribution in [2.75, 3.05) is 66.0 Å². The van der Waals surface area contributed by atoms with E-state index < -0.39 is 0 Å². The first kappa shape index (κ1) is 19.5. The summed E-state index contributed by atoms with van der Waals surface area (Å²) >= 11 is 0. The lowest BCUT2D eigenvalue weighted by molar-refractivity contribution is -0.00787. The molecule has 140 valence electrons. The van der Waals surface area contributed by atoms with E-state index in [2.05, 4.69) is 22.2 Å². The third-order valence-corrected chi connectivity index (χ3v) is 5.21. The van der Waals surface area contributed by atoms with Crippen molar-refractivity contribution in [1.29, 1.82) is 0 Å². The number of nitrogens with one attached hydrogen (secondary N) is 1. The molecule has 0 spiro atoms. The van der Waals surface area contributed by atoms with Crippen molar-refractivity contribution in [1.82, 2.24) is 20.0 Å². The van der Waals surface area contributed by atoms with Crippen molar-refractivity contribution in [3.63, 3.8) is 0 Å². The molecule has 0 saturated carbocycles. The molecule has 2 heterocycles. The van der Waals surface area contributed by atoms with E-state index in [1.807, 2.05) is 25.7 Å². The Kier molecular flexibility index (Phi) is 7.32. The lowest BCUT2D eigenvalue weighted by Gasteiger charge is -2.38. The number of piperidine rings is 1. The zero-order valence-electron chi connectivity index (χ0n) is 16.0. The lowest BCUT2D eigenvalue weighted by Crippen LogP contribution is -2.50. The van der Waals surface area contributed by atoms with Crippen molar-refractivity contribution in [2.45, 2.75) is 39.2 Å². The molecule has 0 aliphatic carbocycles. The number of likely N-dealkylation sites (tertiary alicyclic amines) is 1. The van der Waals surface area contributed by atoms with Crippen molar-refractivity contribution < 1.29 is 9.53 Å². The molecular weight excluding hydrogens is 304 g/mol. The van der Waals surface area contributed by atoms with Gasteiger partial charge in [-0.3, -0.25) is 0 Å². The molecule has 2 saturated heterocycles. The number of ether oxygens (including phenoxy) is 1. The highest BCUT2D eigenvalue weighted by Gasteiger charge is 2.26. The Balaban J connectivity index is 1.65. The van der Waals surface area contributed by atoms with Crippen molar-refractivity contribution in [3.8, 4) is 0 Å². The summed E-state index contributed by atoms with van der Waals surface area (Å²) in [7, 11) is 2.20. The molecule has 0 radical (unpaired) electrons. The van der Waals surface area contributed by atoms with Crippen LogP contribution >= 0.6 is 0 Å².